The third kappa shape index (κ3) is 6.96. The minimum Gasteiger partial charge on any atom is -0.290 e. The van der Waals surface area contributed by atoms with Crippen molar-refractivity contribution in [2.45, 2.75) is 5.51 Å². The SMILES string of the molecule is COP(=O)(OC)OC.COS(=O)(=O)C(F)(F)F. The molecule has 0 aliphatic heterocycles. The lowest BCUT2D eigenvalue weighted by Crippen LogP contribution is -2.23. The molecule has 7 nitrogen and oxygen atoms in total. The van der Waals surface area contributed by atoms with Gasteiger partial charge in [0.2, 0.25) is 0 Å². The summed E-state index contributed by atoms with van der Waals surface area (Å²) in [6.07, 6.45) is 0. The second-order valence-electron chi connectivity index (χ2n) is 2.06. The Morgan fingerprint density at radius 1 is 0.941 bits per heavy atom. The fourth-order valence-electron chi connectivity index (χ4n) is 0.318. The number of rotatable bonds is 4. The van der Waals surface area contributed by atoms with Gasteiger partial charge in [-0.25, -0.2) is 4.57 Å². The molecule has 0 aromatic heterocycles. The number of phosphoric acid groups is 1. The normalized spacial score (nSPS) is 12.9. The van der Waals surface area contributed by atoms with Crippen LogP contribution in [0.4, 0.5) is 13.2 Å². The average Bonchev–Trinajstić information content (AvgIpc) is 2.27. The Morgan fingerprint density at radius 2 is 1.24 bits per heavy atom. The molecular weight excluding hydrogens is 292 g/mol. The highest BCUT2D eigenvalue weighted by Gasteiger charge is 2.46. The van der Waals surface area contributed by atoms with E-state index >= 15 is 0 Å². The first-order valence-corrected chi connectivity index (χ1v) is 6.50. The Bertz CT molecular complexity index is 332. The molecule has 0 aliphatic rings. The number of halogens is 3. The van der Waals surface area contributed by atoms with Gasteiger partial charge in [0.15, 0.2) is 0 Å². The van der Waals surface area contributed by atoms with E-state index in [-0.39, 0.29) is 0 Å². The lowest BCUT2D eigenvalue weighted by atomic mass is 11.6. The van der Waals surface area contributed by atoms with Crippen molar-refractivity contribution in [1.82, 2.24) is 0 Å². The predicted octanol–water partition coefficient (Wildman–Crippen LogP) is 1.52. The average molecular weight is 304 g/mol. The summed E-state index contributed by atoms with van der Waals surface area (Å²) in [5, 5.41) is 0. The second-order valence-corrected chi connectivity index (χ2v) is 5.76. The van der Waals surface area contributed by atoms with Gasteiger partial charge in [-0.05, 0) is 0 Å². The molecule has 0 saturated carbocycles. The van der Waals surface area contributed by atoms with Gasteiger partial charge >= 0.3 is 23.4 Å². The van der Waals surface area contributed by atoms with Gasteiger partial charge in [-0.15, -0.1) is 0 Å². The van der Waals surface area contributed by atoms with Crippen LogP contribution in [0.3, 0.4) is 0 Å². The molecule has 0 spiro atoms. The van der Waals surface area contributed by atoms with Crippen LogP contribution in [0.25, 0.3) is 0 Å². The number of alkyl halides is 3. The Hall–Kier alpha value is -0.190. The Labute approximate surface area is 96.5 Å². The summed E-state index contributed by atoms with van der Waals surface area (Å²) in [6.45, 7) is 0. The molecule has 0 aliphatic carbocycles. The molecule has 12 heteroatoms. The minimum absolute atomic E-state index is 0.447. The maximum absolute atomic E-state index is 11.1. The summed E-state index contributed by atoms with van der Waals surface area (Å²) in [7, 11) is -4.28. The molecule has 0 heterocycles. The summed E-state index contributed by atoms with van der Waals surface area (Å²) in [6, 6.07) is 0. The van der Waals surface area contributed by atoms with Crippen molar-refractivity contribution in [3.8, 4) is 0 Å². The van der Waals surface area contributed by atoms with E-state index in [9.17, 15) is 26.2 Å². The molecule has 0 atom stereocenters. The molecule has 17 heavy (non-hydrogen) atoms. The van der Waals surface area contributed by atoms with Crippen molar-refractivity contribution in [2.75, 3.05) is 28.4 Å². The van der Waals surface area contributed by atoms with Crippen LogP contribution in [0.2, 0.25) is 0 Å². The van der Waals surface area contributed by atoms with Crippen LogP contribution in [0, 0.1) is 0 Å². The summed E-state index contributed by atoms with van der Waals surface area (Å²) >= 11 is 0. The summed E-state index contributed by atoms with van der Waals surface area (Å²) in [5.41, 5.74) is -5.30. The van der Waals surface area contributed by atoms with Crippen LogP contribution in [0.5, 0.6) is 0 Å². The fraction of sp³-hybridized carbons (Fsp3) is 1.00. The van der Waals surface area contributed by atoms with Gasteiger partial charge in [-0.1, -0.05) is 0 Å². The number of phosphoric ester groups is 1. The van der Waals surface area contributed by atoms with Crippen molar-refractivity contribution in [3.63, 3.8) is 0 Å². The lowest BCUT2D eigenvalue weighted by molar-refractivity contribution is -0.0526. The van der Waals surface area contributed by atoms with Gasteiger partial charge in [0.05, 0.1) is 7.11 Å². The van der Waals surface area contributed by atoms with E-state index in [0.29, 0.717) is 7.11 Å². The summed E-state index contributed by atoms with van der Waals surface area (Å²) in [4.78, 5) is 0. The lowest BCUT2D eigenvalue weighted by Gasteiger charge is -2.08. The highest BCUT2D eigenvalue weighted by atomic mass is 32.2. The number of hydrogen-bond acceptors (Lipinski definition) is 7. The van der Waals surface area contributed by atoms with Gasteiger partial charge in [0, 0.05) is 21.3 Å². The molecule has 0 saturated heterocycles. The van der Waals surface area contributed by atoms with Crippen molar-refractivity contribution >= 4 is 17.9 Å². The zero-order chi connectivity index (χ0) is 14.3. The van der Waals surface area contributed by atoms with Crippen LogP contribution in [0.15, 0.2) is 0 Å². The van der Waals surface area contributed by atoms with E-state index in [0.717, 1.165) is 0 Å². The quantitative estimate of drug-likeness (QED) is 0.442. The third-order valence-electron chi connectivity index (χ3n) is 1.17. The molecule has 0 fully saturated rings. The smallest absolute Gasteiger partial charge is 0.290 e. The molecule has 106 valence electrons. The van der Waals surface area contributed by atoms with Gasteiger partial charge in [-0.2, -0.15) is 21.6 Å². The van der Waals surface area contributed by atoms with Crippen LogP contribution in [-0.2, 0) is 32.4 Å². The zero-order valence-corrected chi connectivity index (χ0v) is 11.1. The zero-order valence-electron chi connectivity index (χ0n) is 9.35. The summed E-state index contributed by atoms with van der Waals surface area (Å²) < 4.78 is 79.6. The van der Waals surface area contributed by atoms with E-state index in [1.807, 2.05) is 0 Å². The molecule has 0 aromatic rings. The molecular formula is C5H12F3O7PS. The molecule has 0 N–H and O–H groups in total. The van der Waals surface area contributed by atoms with Crippen LogP contribution >= 0.6 is 7.82 Å². The minimum atomic E-state index is -5.34. The maximum atomic E-state index is 11.1. The monoisotopic (exact) mass is 304 g/mol. The van der Waals surface area contributed by atoms with Gasteiger partial charge in [0.1, 0.15) is 0 Å². The highest BCUT2D eigenvalue weighted by molar-refractivity contribution is 7.87. The maximum Gasteiger partial charge on any atom is 0.523 e. The molecule has 0 amide bonds. The predicted molar refractivity (Wildman–Crippen MR) is 50.6 cm³/mol. The van der Waals surface area contributed by atoms with E-state index in [4.69, 9.17) is 0 Å². The fourth-order valence-corrected chi connectivity index (χ4v) is 0.954. The van der Waals surface area contributed by atoms with Crippen molar-refractivity contribution in [1.29, 1.82) is 0 Å². The first-order chi connectivity index (χ1) is 7.49. The van der Waals surface area contributed by atoms with Crippen molar-refractivity contribution in [2.24, 2.45) is 0 Å². The Kier molecular flexibility index (Phi) is 8.21. The highest BCUT2D eigenvalue weighted by Crippen LogP contribution is 2.46. The van der Waals surface area contributed by atoms with E-state index in [2.05, 4.69) is 17.8 Å². The van der Waals surface area contributed by atoms with Crippen LogP contribution in [0.1, 0.15) is 0 Å². The van der Waals surface area contributed by atoms with E-state index in [1.165, 1.54) is 21.3 Å². The molecule has 0 rings (SSSR count). The molecule has 0 aromatic carbocycles. The number of hydrogen-bond donors (Lipinski definition) is 0. The standard InChI is InChI=1S/C3H9O4P.C2H3F3O3S/c1-5-8(4,6-2)7-3;1-8-9(6,7)2(3,4)5/h1-3H3;1H3. The summed E-state index contributed by atoms with van der Waals surface area (Å²) in [5.74, 6) is 0. The molecule has 0 unspecified atom stereocenters. The van der Waals surface area contributed by atoms with Crippen molar-refractivity contribution in [3.05, 3.63) is 0 Å². The van der Waals surface area contributed by atoms with Crippen LogP contribution < -0.4 is 0 Å². The topological polar surface area (TPSA) is 88.1 Å². The van der Waals surface area contributed by atoms with Crippen LogP contribution in [-0.4, -0.2) is 42.4 Å². The van der Waals surface area contributed by atoms with Gasteiger partial charge < -0.3 is 0 Å². The largest absolute Gasteiger partial charge is 0.523 e. The van der Waals surface area contributed by atoms with Gasteiger partial charge in [0.25, 0.3) is 0 Å². The van der Waals surface area contributed by atoms with Crippen molar-refractivity contribution < 1.29 is 43.9 Å². The first kappa shape index (κ1) is 19.2. The third-order valence-corrected chi connectivity index (χ3v) is 3.52. The van der Waals surface area contributed by atoms with E-state index < -0.39 is 23.4 Å². The Balaban J connectivity index is 0. The second kappa shape index (κ2) is 7.29. The first-order valence-electron chi connectivity index (χ1n) is 3.63. The molecule has 0 radical (unpaired) electrons. The van der Waals surface area contributed by atoms with E-state index in [1.54, 1.807) is 0 Å². The molecule has 0 bridgehead atoms. The van der Waals surface area contributed by atoms with Gasteiger partial charge in [-0.3, -0.25) is 17.8 Å². The Morgan fingerprint density at radius 3 is 1.24 bits per heavy atom.